The van der Waals surface area contributed by atoms with Gasteiger partial charge in [-0.15, -0.1) is 0 Å². The quantitative estimate of drug-likeness (QED) is 0.502. The van der Waals surface area contributed by atoms with E-state index >= 15 is 0 Å². The van der Waals surface area contributed by atoms with Crippen LogP contribution in [0.15, 0.2) is 58.8 Å². The molecule has 0 saturated carbocycles. The van der Waals surface area contributed by atoms with Crippen LogP contribution >= 0.6 is 11.8 Å². The van der Waals surface area contributed by atoms with Crippen LogP contribution in [-0.4, -0.2) is 29.0 Å². The Hall–Kier alpha value is -2.34. The molecule has 1 atom stereocenters. The molecule has 1 aromatic carbocycles. The minimum Gasteiger partial charge on any atom is -0.497 e. The fourth-order valence-electron chi connectivity index (χ4n) is 1.78. The molecule has 0 radical (unpaired) electrons. The smallest absolute Gasteiger partial charge is 0.253 e. The molecule has 0 aliphatic heterocycles. The van der Waals surface area contributed by atoms with E-state index in [1.807, 2.05) is 56.3 Å². The predicted molar refractivity (Wildman–Crippen MR) is 92.9 cm³/mol. The number of hydrogen-bond acceptors (Lipinski definition) is 5. The van der Waals surface area contributed by atoms with Gasteiger partial charge >= 0.3 is 0 Å². The first-order valence-corrected chi connectivity index (χ1v) is 8.04. The van der Waals surface area contributed by atoms with Gasteiger partial charge in [0.2, 0.25) is 0 Å². The van der Waals surface area contributed by atoms with Crippen molar-refractivity contribution >= 4 is 23.4 Å². The summed E-state index contributed by atoms with van der Waals surface area (Å²) in [5, 5.41) is 4.69. The summed E-state index contributed by atoms with van der Waals surface area (Å²) >= 11 is 1.40. The lowest BCUT2D eigenvalue weighted by atomic mass is 10.1. The summed E-state index contributed by atoms with van der Waals surface area (Å²) in [7, 11) is 1.62. The Kier molecular flexibility index (Phi) is 6.17. The molecule has 0 aliphatic carbocycles. The molecule has 2 aromatic rings. The number of ether oxygens (including phenoxy) is 1. The summed E-state index contributed by atoms with van der Waals surface area (Å²) < 4.78 is 5.12. The molecule has 1 aromatic heterocycles. The predicted octanol–water partition coefficient (Wildman–Crippen LogP) is 3.11. The molecule has 1 heterocycles. The monoisotopic (exact) mass is 329 g/mol. The number of nitrogens with one attached hydrogen (secondary N) is 1. The third-order valence-corrected chi connectivity index (χ3v) is 4.20. The van der Waals surface area contributed by atoms with Crippen molar-refractivity contribution in [1.82, 2.24) is 10.4 Å². The van der Waals surface area contributed by atoms with E-state index in [4.69, 9.17) is 4.74 Å². The van der Waals surface area contributed by atoms with Gasteiger partial charge in [-0.1, -0.05) is 17.8 Å². The second-order valence-corrected chi connectivity index (χ2v) is 6.19. The van der Waals surface area contributed by atoms with Crippen LogP contribution in [0.2, 0.25) is 0 Å². The summed E-state index contributed by atoms with van der Waals surface area (Å²) in [6, 6.07) is 13.1. The summed E-state index contributed by atoms with van der Waals surface area (Å²) in [5.41, 5.74) is 4.26. The highest BCUT2D eigenvalue weighted by Crippen LogP contribution is 2.20. The number of benzene rings is 1. The SMILES string of the molecule is COc1ccc(C(C)=NNC(=O)C(C)Sc2ccccn2)cc1. The van der Waals surface area contributed by atoms with Gasteiger partial charge in [0.05, 0.1) is 23.1 Å². The molecule has 6 heteroatoms. The van der Waals surface area contributed by atoms with Crippen molar-refractivity contribution in [3.8, 4) is 5.75 Å². The van der Waals surface area contributed by atoms with Gasteiger partial charge in [-0.05, 0) is 55.8 Å². The van der Waals surface area contributed by atoms with Crippen LogP contribution in [0.3, 0.4) is 0 Å². The molecule has 0 aliphatic rings. The molecule has 120 valence electrons. The molecule has 0 spiro atoms. The van der Waals surface area contributed by atoms with E-state index in [-0.39, 0.29) is 11.2 Å². The Morgan fingerprint density at radius 1 is 1.26 bits per heavy atom. The fourth-order valence-corrected chi connectivity index (χ4v) is 2.58. The molecule has 5 nitrogen and oxygen atoms in total. The van der Waals surface area contributed by atoms with Crippen LogP contribution in [0, 0.1) is 0 Å². The van der Waals surface area contributed by atoms with Crippen molar-refractivity contribution in [3.63, 3.8) is 0 Å². The number of nitrogens with zero attached hydrogens (tertiary/aromatic N) is 2. The van der Waals surface area contributed by atoms with Gasteiger partial charge in [-0.3, -0.25) is 4.79 Å². The number of carbonyl (C=O) groups excluding carboxylic acids is 1. The minimum absolute atomic E-state index is 0.159. The maximum Gasteiger partial charge on any atom is 0.253 e. The Bertz CT molecular complexity index is 672. The minimum atomic E-state index is -0.280. The molecule has 0 saturated heterocycles. The highest BCUT2D eigenvalue weighted by atomic mass is 32.2. The van der Waals surface area contributed by atoms with Crippen molar-refractivity contribution in [2.24, 2.45) is 5.10 Å². The first kappa shape index (κ1) is 17.0. The summed E-state index contributed by atoms with van der Waals surface area (Å²) in [6.45, 7) is 3.67. The van der Waals surface area contributed by atoms with Crippen LogP contribution < -0.4 is 10.2 Å². The van der Waals surface area contributed by atoms with Crippen LogP contribution in [0.4, 0.5) is 0 Å². The highest BCUT2D eigenvalue weighted by Gasteiger charge is 2.14. The normalized spacial score (nSPS) is 12.6. The van der Waals surface area contributed by atoms with Gasteiger partial charge in [0.15, 0.2) is 0 Å². The largest absolute Gasteiger partial charge is 0.497 e. The van der Waals surface area contributed by atoms with E-state index in [0.29, 0.717) is 0 Å². The van der Waals surface area contributed by atoms with Crippen LogP contribution in [0.5, 0.6) is 5.75 Å². The Morgan fingerprint density at radius 2 is 2.00 bits per heavy atom. The number of methoxy groups -OCH3 is 1. The number of hydrogen-bond donors (Lipinski definition) is 1. The van der Waals surface area contributed by atoms with Crippen LogP contribution in [0.1, 0.15) is 19.4 Å². The van der Waals surface area contributed by atoms with E-state index in [2.05, 4.69) is 15.5 Å². The third-order valence-electron chi connectivity index (χ3n) is 3.15. The second-order valence-electron chi connectivity index (χ2n) is 4.83. The van der Waals surface area contributed by atoms with Gasteiger partial charge in [-0.25, -0.2) is 10.4 Å². The van der Waals surface area contributed by atoms with Crippen LogP contribution in [-0.2, 0) is 4.79 Å². The first-order chi connectivity index (χ1) is 11.1. The number of rotatable bonds is 6. The number of carbonyl (C=O) groups is 1. The molecular formula is C17H19N3O2S. The summed E-state index contributed by atoms with van der Waals surface area (Å²) in [4.78, 5) is 16.3. The van der Waals surface area contributed by atoms with E-state index < -0.39 is 0 Å². The van der Waals surface area contributed by atoms with Gasteiger partial charge in [0.25, 0.3) is 5.91 Å². The van der Waals surface area contributed by atoms with Crippen molar-refractivity contribution < 1.29 is 9.53 Å². The number of hydrazone groups is 1. The molecule has 2 rings (SSSR count). The van der Waals surface area contributed by atoms with E-state index in [0.717, 1.165) is 22.1 Å². The topological polar surface area (TPSA) is 63.6 Å². The lowest BCUT2D eigenvalue weighted by Gasteiger charge is -2.09. The standard InChI is InChI=1S/C17H19N3O2S/c1-12(14-7-9-15(22-3)10-8-14)19-20-17(21)13(2)23-16-6-4-5-11-18-16/h4-11,13H,1-3H3,(H,20,21). The number of amides is 1. The fraction of sp³-hybridized carbons (Fsp3) is 0.235. The summed E-state index contributed by atoms with van der Waals surface area (Å²) in [5.74, 6) is 0.625. The number of aromatic nitrogens is 1. The second kappa shape index (κ2) is 8.33. The summed E-state index contributed by atoms with van der Waals surface area (Å²) in [6.07, 6.45) is 1.71. The molecule has 1 unspecified atom stereocenters. The van der Waals surface area contributed by atoms with Crippen molar-refractivity contribution in [2.45, 2.75) is 24.1 Å². The Labute approximate surface area is 140 Å². The lowest BCUT2D eigenvalue weighted by Crippen LogP contribution is -2.27. The van der Waals surface area contributed by atoms with Gasteiger partial charge < -0.3 is 4.74 Å². The highest BCUT2D eigenvalue weighted by molar-refractivity contribution is 8.00. The van der Waals surface area contributed by atoms with E-state index in [9.17, 15) is 4.79 Å². The Balaban J connectivity index is 1.93. The zero-order chi connectivity index (χ0) is 16.7. The van der Waals surface area contributed by atoms with Gasteiger partial charge in [-0.2, -0.15) is 5.10 Å². The average molecular weight is 329 g/mol. The van der Waals surface area contributed by atoms with Crippen molar-refractivity contribution in [2.75, 3.05) is 7.11 Å². The lowest BCUT2D eigenvalue weighted by molar-refractivity contribution is -0.120. The van der Waals surface area contributed by atoms with E-state index in [1.54, 1.807) is 13.3 Å². The maximum atomic E-state index is 12.1. The van der Waals surface area contributed by atoms with Crippen molar-refractivity contribution in [3.05, 3.63) is 54.2 Å². The van der Waals surface area contributed by atoms with Crippen LogP contribution in [0.25, 0.3) is 0 Å². The van der Waals surface area contributed by atoms with Crippen molar-refractivity contribution in [1.29, 1.82) is 0 Å². The van der Waals surface area contributed by atoms with E-state index in [1.165, 1.54) is 11.8 Å². The molecule has 0 fully saturated rings. The average Bonchev–Trinajstić information content (AvgIpc) is 2.60. The van der Waals surface area contributed by atoms with Gasteiger partial charge in [0, 0.05) is 6.20 Å². The number of thioether (sulfide) groups is 1. The third kappa shape index (κ3) is 5.10. The molecule has 23 heavy (non-hydrogen) atoms. The number of pyridine rings is 1. The zero-order valence-electron chi connectivity index (χ0n) is 13.3. The molecule has 0 bridgehead atoms. The molecule has 1 N–H and O–H groups in total. The molecular weight excluding hydrogens is 310 g/mol. The maximum absolute atomic E-state index is 12.1. The first-order valence-electron chi connectivity index (χ1n) is 7.16. The Morgan fingerprint density at radius 3 is 2.61 bits per heavy atom. The van der Waals surface area contributed by atoms with Gasteiger partial charge in [0.1, 0.15) is 5.75 Å². The molecule has 1 amide bonds. The zero-order valence-corrected chi connectivity index (χ0v) is 14.1.